The van der Waals surface area contributed by atoms with Gasteiger partial charge in [0.2, 0.25) is 0 Å². The van der Waals surface area contributed by atoms with E-state index in [1.807, 2.05) is 44.2 Å². The van der Waals surface area contributed by atoms with Gasteiger partial charge in [-0.3, -0.25) is 0 Å². The van der Waals surface area contributed by atoms with Crippen LogP contribution >= 0.6 is 0 Å². The van der Waals surface area contributed by atoms with E-state index in [4.69, 9.17) is 10.5 Å². The number of ether oxygens (including phenoxy) is 1. The molecular formula is C17H21NO. The van der Waals surface area contributed by atoms with Gasteiger partial charge in [-0.15, -0.1) is 0 Å². The first-order chi connectivity index (χ1) is 9.03. The van der Waals surface area contributed by atoms with Crippen molar-refractivity contribution in [3.63, 3.8) is 0 Å². The second kappa shape index (κ2) is 5.89. The van der Waals surface area contributed by atoms with E-state index < -0.39 is 0 Å². The van der Waals surface area contributed by atoms with E-state index in [2.05, 4.69) is 24.3 Å². The van der Waals surface area contributed by atoms with Gasteiger partial charge in [0.25, 0.3) is 0 Å². The van der Waals surface area contributed by atoms with Gasteiger partial charge in [0, 0.05) is 5.54 Å². The molecule has 0 aliphatic heterocycles. The zero-order valence-electron chi connectivity index (χ0n) is 11.6. The van der Waals surface area contributed by atoms with Gasteiger partial charge in [-0.25, -0.2) is 0 Å². The van der Waals surface area contributed by atoms with E-state index in [0.717, 1.165) is 12.2 Å². The van der Waals surface area contributed by atoms with Crippen molar-refractivity contribution in [1.82, 2.24) is 0 Å². The van der Waals surface area contributed by atoms with Gasteiger partial charge in [-0.1, -0.05) is 42.5 Å². The summed E-state index contributed by atoms with van der Waals surface area (Å²) in [5, 5.41) is 0. The second-order valence-corrected chi connectivity index (χ2v) is 5.58. The predicted octanol–water partition coefficient (Wildman–Crippen LogP) is 3.55. The summed E-state index contributed by atoms with van der Waals surface area (Å²) in [4.78, 5) is 0. The zero-order valence-corrected chi connectivity index (χ0v) is 11.6. The van der Waals surface area contributed by atoms with Crippen LogP contribution in [-0.4, -0.2) is 5.54 Å². The van der Waals surface area contributed by atoms with Crippen molar-refractivity contribution in [2.75, 3.05) is 0 Å². The number of hydrogen-bond acceptors (Lipinski definition) is 2. The third kappa shape index (κ3) is 4.76. The molecule has 0 fully saturated rings. The summed E-state index contributed by atoms with van der Waals surface area (Å²) in [5.74, 6) is 0.891. The Bertz CT molecular complexity index is 497. The first-order valence-corrected chi connectivity index (χ1v) is 6.57. The molecular weight excluding hydrogens is 234 g/mol. The molecule has 0 atom stereocenters. The normalized spacial score (nSPS) is 11.3. The van der Waals surface area contributed by atoms with Gasteiger partial charge < -0.3 is 10.5 Å². The van der Waals surface area contributed by atoms with Gasteiger partial charge in [0.15, 0.2) is 0 Å². The molecule has 2 N–H and O–H groups in total. The molecule has 2 rings (SSSR count). The third-order valence-electron chi connectivity index (χ3n) is 2.83. The zero-order chi connectivity index (χ0) is 13.7. The SMILES string of the molecule is CC(C)(N)Cc1ccc(OCc2ccccc2)cc1. The summed E-state index contributed by atoms with van der Waals surface area (Å²) >= 11 is 0. The van der Waals surface area contributed by atoms with Gasteiger partial charge in [0.1, 0.15) is 12.4 Å². The highest BCUT2D eigenvalue weighted by Crippen LogP contribution is 2.17. The Kier molecular flexibility index (Phi) is 4.23. The Balaban J connectivity index is 1.92. The lowest BCUT2D eigenvalue weighted by Crippen LogP contribution is -2.34. The van der Waals surface area contributed by atoms with Crippen LogP contribution in [0, 0.1) is 0 Å². The van der Waals surface area contributed by atoms with Crippen LogP contribution in [0.25, 0.3) is 0 Å². The fourth-order valence-corrected chi connectivity index (χ4v) is 1.97. The summed E-state index contributed by atoms with van der Waals surface area (Å²) in [7, 11) is 0. The molecule has 0 unspecified atom stereocenters. The van der Waals surface area contributed by atoms with Crippen molar-refractivity contribution in [3.8, 4) is 5.75 Å². The van der Waals surface area contributed by atoms with Crippen molar-refractivity contribution in [3.05, 3.63) is 65.7 Å². The van der Waals surface area contributed by atoms with Crippen LogP contribution in [-0.2, 0) is 13.0 Å². The van der Waals surface area contributed by atoms with Crippen LogP contribution in [0.2, 0.25) is 0 Å². The summed E-state index contributed by atoms with van der Waals surface area (Å²) in [5.41, 5.74) is 8.25. The average Bonchev–Trinajstić information content (AvgIpc) is 2.37. The number of benzene rings is 2. The number of rotatable bonds is 5. The van der Waals surface area contributed by atoms with Crippen molar-refractivity contribution in [2.45, 2.75) is 32.4 Å². The molecule has 0 spiro atoms. The standard InChI is InChI=1S/C17H21NO/c1-17(2,18)12-14-8-10-16(11-9-14)19-13-15-6-4-3-5-7-15/h3-11H,12-13,18H2,1-2H3. The van der Waals surface area contributed by atoms with Crippen LogP contribution in [0.4, 0.5) is 0 Å². The maximum absolute atomic E-state index is 6.01. The van der Waals surface area contributed by atoms with Crippen LogP contribution < -0.4 is 10.5 Å². The highest BCUT2D eigenvalue weighted by atomic mass is 16.5. The van der Waals surface area contributed by atoms with E-state index in [9.17, 15) is 0 Å². The van der Waals surface area contributed by atoms with Gasteiger partial charge >= 0.3 is 0 Å². The Morgan fingerprint density at radius 3 is 2.11 bits per heavy atom. The summed E-state index contributed by atoms with van der Waals surface area (Å²) in [6.07, 6.45) is 0.867. The minimum atomic E-state index is -0.174. The molecule has 2 aromatic carbocycles. The third-order valence-corrected chi connectivity index (χ3v) is 2.83. The van der Waals surface area contributed by atoms with Crippen LogP contribution in [0.3, 0.4) is 0 Å². The lowest BCUT2D eigenvalue weighted by molar-refractivity contribution is 0.306. The monoisotopic (exact) mass is 255 g/mol. The van der Waals surface area contributed by atoms with Crippen molar-refractivity contribution >= 4 is 0 Å². The fourth-order valence-electron chi connectivity index (χ4n) is 1.97. The average molecular weight is 255 g/mol. The Hall–Kier alpha value is -1.80. The summed E-state index contributed by atoms with van der Waals surface area (Å²) in [6.45, 7) is 4.67. The molecule has 0 saturated carbocycles. The maximum Gasteiger partial charge on any atom is 0.119 e. The summed E-state index contributed by atoms with van der Waals surface area (Å²) in [6, 6.07) is 18.3. The van der Waals surface area contributed by atoms with Gasteiger partial charge in [-0.2, -0.15) is 0 Å². The molecule has 2 nitrogen and oxygen atoms in total. The van der Waals surface area contributed by atoms with E-state index in [1.54, 1.807) is 0 Å². The minimum Gasteiger partial charge on any atom is -0.489 e. The lowest BCUT2D eigenvalue weighted by atomic mass is 9.96. The van der Waals surface area contributed by atoms with E-state index >= 15 is 0 Å². The van der Waals surface area contributed by atoms with Crippen molar-refractivity contribution in [1.29, 1.82) is 0 Å². The number of hydrogen-bond donors (Lipinski definition) is 1. The van der Waals surface area contributed by atoms with E-state index in [0.29, 0.717) is 6.61 Å². The molecule has 0 heterocycles. The highest BCUT2D eigenvalue weighted by Gasteiger charge is 2.11. The molecule has 100 valence electrons. The molecule has 0 aliphatic carbocycles. The Morgan fingerprint density at radius 2 is 1.53 bits per heavy atom. The van der Waals surface area contributed by atoms with Crippen LogP contribution in [0.5, 0.6) is 5.75 Å². The highest BCUT2D eigenvalue weighted by molar-refractivity contribution is 5.28. The minimum absolute atomic E-state index is 0.174. The lowest BCUT2D eigenvalue weighted by Gasteiger charge is -2.18. The molecule has 0 amide bonds. The molecule has 0 aromatic heterocycles. The van der Waals surface area contributed by atoms with E-state index in [-0.39, 0.29) is 5.54 Å². The molecule has 2 aromatic rings. The first-order valence-electron chi connectivity index (χ1n) is 6.57. The van der Waals surface area contributed by atoms with Crippen molar-refractivity contribution < 1.29 is 4.74 Å². The quantitative estimate of drug-likeness (QED) is 0.886. The molecule has 0 aliphatic rings. The fraction of sp³-hybridized carbons (Fsp3) is 0.294. The molecule has 0 saturated heterocycles. The topological polar surface area (TPSA) is 35.2 Å². The predicted molar refractivity (Wildman–Crippen MR) is 79.2 cm³/mol. The Morgan fingerprint density at radius 1 is 0.895 bits per heavy atom. The maximum atomic E-state index is 6.01. The second-order valence-electron chi connectivity index (χ2n) is 5.58. The van der Waals surface area contributed by atoms with E-state index in [1.165, 1.54) is 11.1 Å². The van der Waals surface area contributed by atoms with Gasteiger partial charge in [0.05, 0.1) is 0 Å². The van der Waals surface area contributed by atoms with Crippen LogP contribution in [0.15, 0.2) is 54.6 Å². The molecule has 0 radical (unpaired) electrons. The Labute approximate surface area is 115 Å². The first kappa shape index (κ1) is 13.6. The van der Waals surface area contributed by atoms with Gasteiger partial charge in [-0.05, 0) is 43.5 Å². The largest absolute Gasteiger partial charge is 0.489 e. The van der Waals surface area contributed by atoms with Crippen LogP contribution in [0.1, 0.15) is 25.0 Å². The number of nitrogens with two attached hydrogens (primary N) is 1. The molecule has 2 heteroatoms. The van der Waals surface area contributed by atoms with Crippen molar-refractivity contribution in [2.24, 2.45) is 5.73 Å². The smallest absolute Gasteiger partial charge is 0.119 e. The summed E-state index contributed by atoms with van der Waals surface area (Å²) < 4.78 is 5.75. The molecule has 0 bridgehead atoms. The molecule has 19 heavy (non-hydrogen) atoms.